The van der Waals surface area contributed by atoms with Crippen LogP contribution in [0.5, 0.6) is 17.2 Å². The summed E-state index contributed by atoms with van der Waals surface area (Å²) >= 11 is 0. The van der Waals surface area contributed by atoms with Crippen LogP contribution >= 0.6 is 0 Å². The van der Waals surface area contributed by atoms with Crippen LogP contribution in [0.25, 0.3) is 45.8 Å². The Labute approximate surface area is 309 Å². The first-order valence-electron chi connectivity index (χ1n) is 19.5. The predicted molar refractivity (Wildman–Crippen MR) is 207 cm³/mol. The van der Waals surface area contributed by atoms with Gasteiger partial charge in [0.15, 0.2) is 0 Å². The third kappa shape index (κ3) is 12.0. The Morgan fingerprint density at radius 3 is 1.29 bits per heavy atom. The maximum absolute atomic E-state index is 6.07. The third-order valence-electron chi connectivity index (χ3n) is 9.26. The van der Waals surface area contributed by atoms with Crippen molar-refractivity contribution in [2.75, 3.05) is 20.3 Å². The van der Waals surface area contributed by atoms with Crippen molar-refractivity contribution in [3.63, 3.8) is 0 Å². The minimum Gasteiger partial charge on any atom is -0.496 e. The molecule has 0 aliphatic carbocycles. The van der Waals surface area contributed by atoms with E-state index in [4.69, 9.17) is 23.0 Å². The second-order valence-corrected chi connectivity index (χ2v) is 13.4. The van der Waals surface area contributed by atoms with Crippen molar-refractivity contribution in [2.24, 2.45) is 0 Å². The zero-order chi connectivity index (χ0) is 36.2. The highest BCUT2D eigenvalue weighted by Gasteiger charge is 2.18. The molecule has 2 heterocycles. The molecular weight excluding hydrogens is 652 g/mol. The third-order valence-corrected chi connectivity index (χ3v) is 9.26. The number of rotatable bonds is 25. The molecule has 0 saturated heterocycles. The van der Waals surface area contributed by atoms with E-state index in [-0.39, 0.29) is 0 Å². The van der Waals surface area contributed by atoms with Gasteiger partial charge in [-0.2, -0.15) is 0 Å². The van der Waals surface area contributed by atoms with Crippen LogP contribution in [0.2, 0.25) is 0 Å². The molecule has 0 bridgehead atoms. The molecule has 0 saturated carbocycles. The highest BCUT2D eigenvalue weighted by Crippen LogP contribution is 2.35. The lowest BCUT2D eigenvalue weighted by Crippen LogP contribution is -1.97. The number of hydrogen-bond donors (Lipinski definition) is 0. The van der Waals surface area contributed by atoms with Gasteiger partial charge in [-0.05, 0) is 79.6 Å². The van der Waals surface area contributed by atoms with E-state index in [1.165, 1.54) is 89.9 Å². The fourth-order valence-electron chi connectivity index (χ4n) is 6.15. The normalized spacial score (nSPS) is 11.2. The lowest BCUT2D eigenvalue weighted by Gasteiger charge is -2.07. The molecule has 0 unspecified atom stereocenters. The largest absolute Gasteiger partial charge is 0.496 e. The number of hydrogen-bond acceptors (Lipinski definition) is 9. The Bertz CT molecular complexity index is 1710. The van der Waals surface area contributed by atoms with Crippen LogP contribution in [0, 0.1) is 0 Å². The molecule has 2 aromatic heterocycles. The first-order chi connectivity index (χ1) is 25.7. The van der Waals surface area contributed by atoms with E-state index >= 15 is 0 Å². The number of nitrogens with zero attached hydrogens (tertiary/aromatic N) is 4. The van der Waals surface area contributed by atoms with Gasteiger partial charge in [-0.25, -0.2) is 0 Å². The van der Waals surface area contributed by atoms with Gasteiger partial charge in [0.05, 0.1) is 25.9 Å². The van der Waals surface area contributed by atoms with E-state index < -0.39 is 0 Å². The van der Waals surface area contributed by atoms with Gasteiger partial charge in [0, 0.05) is 16.7 Å². The fourth-order valence-corrected chi connectivity index (χ4v) is 6.15. The van der Waals surface area contributed by atoms with E-state index in [1.807, 2.05) is 66.7 Å². The van der Waals surface area contributed by atoms with Gasteiger partial charge in [0.25, 0.3) is 5.89 Å². The van der Waals surface area contributed by atoms with Gasteiger partial charge < -0.3 is 23.0 Å². The molecule has 0 fully saturated rings. The maximum Gasteiger partial charge on any atom is 0.251 e. The molecule has 0 atom stereocenters. The minimum absolute atomic E-state index is 0.351. The minimum atomic E-state index is 0.351. The molecule has 0 N–H and O–H groups in total. The molecule has 0 amide bonds. The molecule has 9 heteroatoms. The summed E-state index contributed by atoms with van der Waals surface area (Å²) < 4.78 is 29.7. The second-order valence-electron chi connectivity index (χ2n) is 13.4. The van der Waals surface area contributed by atoms with E-state index in [1.54, 1.807) is 7.11 Å². The SMILES string of the molecule is CCCCCCCCCCOc1ccc(-c2nnc(-c3ccc(-c4nnc(-c5ccc(OCCCCCCCCCC)cc5)o4)c(OC)c3)o2)cc1. The lowest BCUT2D eigenvalue weighted by atomic mass is 10.1. The van der Waals surface area contributed by atoms with Crippen LogP contribution in [0.4, 0.5) is 0 Å². The van der Waals surface area contributed by atoms with E-state index in [0.717, 1.165) is 48.7 Å². The second kappa shape index (κ2) is 21.6. The van der Waals surface area contributed by atoms with Crippen molar-refractivity contribution < 1.29 is 23.0 Å². The molecule has 0 radical (unpaired) electrons. The monoisotopic (exact) mass is 708 g/mol. The van der Waals surface area contributed by atoms with Crippen molar-refractivity contribution in [2.45, 2.75) is 117 Å². The summed E-state index contributed by atoms with van der Waals surface area (Å²) in [4.78, 5) is 0. The van der Waals surface area contributed by atoms with Gasteiger partial charge in [0.1, 0.15) is 17.2 Å². The average molecular weight is 709 g/mol. The fraction of sp³-hybridized carbons (Fsp3) is 0.488. The zero-order valence-electron chi connectivity index (χ0n) is 31.4. The van der Waals surface area contributed by atoms with Crippen molar-refractivity contribution in [1.29, 1.82) is 0 Å². The summed E-state index contributed by atoms with van der Waals surface area (Å²) in [5.41, 5.74) is 3.02. The molecule has 9 nitrogen and oxygen atoms in total. The Morgan fingerprint density at radius 2 is 0.827 bits per heavy atom. The van der Waals surface area contributed by atoms with Crippen LogP contribution in [0.3, 0.4) is 0 Å². The lowest BCUT2D eigenvalue weighted by molar-refractivity contribution is 0.304. The Morgan fingerprint density at radius 1 is 0.442 bits per heavy atom. The van der Waals surface area contributed by atoms with Crippen molar-refractivity contribution in [1.82, 2.24) is 20.4 Å². The Kier molecular flexibility index (Phi) is 16.1. The van der Waals surface area contributed by atoms with Gasteiger partial charge in [-0.1, -0.05) is 104 Å². The molecule has 5 aromatic rings. The standard InChI is InChI=1S/C43H56N4O5/c1-4-6-8-10-12-14-16-18-30-49-36-25-20-33(21-26-36)40-44-46-42(51-40)35-24-29-38(39(32-35)48-3)43-47-45-41(52-43)34-22-27-37(28-23-34)50-31-19-17-15-13-11-9-7-5-2/h20-29,32H,4-19,30-31H2,1-3H3. The predicted octanol–water partition coefficient (Wildman–Crippen LogP) is 12.2. The van der Waals surface area contributed by atoms with E-state index in [0.29, 0.717) is 40.4 Å². The number of ether oxygens (including phenoxy) is 3. The highest BCUT2D eigenvalue weighted by atomic mass is 16.5. The van der Waals surface area contributed by atoms with Crippen LogP contribution < -0.4 is 14.2 Å². The van der Waals surface area contributed by atoms with Crippen LogP contribution in [-0.4, -0.2) is 40.7 Å². The summed E-state index contributed by atoms with van der Waals surface area (Å²) in [5.74, 6) is 3.81. The summed E-state index contributed by atoms with van der Waals surface area (Å²) in [5, 5.41) is 17.2. The number of aromatic nitrogens is 4. The Hall–Kier alpha value is -4.66. The van der Waals surface area contributed by atoms with E-state index in [2.05, 4.69) is 34.2 Å². The maximum atomic E-state index is 6.07. The molecule has 0 spiro atoms. The molecular formula is C43H56N4O5. The summed E-state index contributed by atoms with van der Waals surface area (Å²) in [6.07, 6.45) is 20.5. The smallest absolute Gasteiger partial charge is 0.251 e. The number of unbranched alkanes of at least 4 members (excludes halogenated alkanes) is 14. The van der Waals surface area contributed by atoms with Gasteiger partial charge in [0.2, 0.25) is 17.7 Å². The van der Waals surface area contributed by atoms with Crippen molar-refractivity contribution in [3.8, 4) is 63.1 Å². The highest BCUT2D eigenvalue weighted by molar-refractivity contribution is 5.70. The van der Waals surface area contributed by atoms with Gasteiger partial charge in [-0.15, -0.1) is 20.4 Å². The molecule has 278 valence electrons. The summed E-state index contributed by atoms with van der Waals surface area (Å²) in [6, 6.07) is 21.1. The van der Waals surface area contributed by atoms with Crippen LogP contribution in [0.1, 0.15) is 117 Å². The summed E-state index contributed by atoms with van der Waals surface area (Å²) in [7, 11) is 1.60. The first kappa shape index (κ1) is 38.6. The molecule has 0 aliphatic rings. The topological polar surface area (TPSA) is 106 Å². The van der Waals surface area contributed by atoms with Crippen molar-refractivity contribution in [3.05, 3.63) is 66.7 Å². The van der Waals surface area contributed by atoms with Gasteiger partial charge >= 0.3 is 0 Å². The average Bonchev–Trinajstić information content (AvgIpc) is 3.88. The zero-order valence-corrected chi connectivity index (χ0v) is 31.4. The molecule has 5 rings (SSSR count). The molecule has 0 aliphatic heterocycles. The van der Waals surface area contributed by atoms with E-state index in [9.17, 15) is 0 Å². The van der Waals surface area contributed by atoms with Crippen molar-refractivity contribution >= 4 is 0 Å². The summed E-state index contributed by atoms with van der Waals surface area (Å²) in [6.45, 7) is 5.96. The molecule has 52 heavy (non-hydrogen) atoms. The number of methoxy groups -OCH3 is 1. The van der Waals surface area contributed by atoms with Gasteiger partial charge in [-0.3, -0.25) is 0 Å². The Balaban J connectivity index is 1.10. The van der Waals surface area contributed by atoms with Crippen LogP contribution in [0.15, 0.2) is 75.6 Å². The van der Waals surface area contributed by atoms with Crippen LogP contribution in [-0.2, 0) is 0 Å². The first-order valence-corrected chi connectivity index (χ1v) is 19.5. The quantitative estimate of drug-likeness (QED) is 0.0547. The number of benzene rings is 3. The molecule has 3 aromatic carbocycles.